The Morgan fingerprint density at radius 1 is 1.40 bits per heavy atom. The van der Waals surface area contributed by atoms with E-state index in [-0.39, 0.29) is 0 Å². The molecule has 20 heavy (non-hydrogen) atoms. The lowest BCUT2D eigenvalue weighted by atomic mass is 9.94. The number of aryl methyl sites for hydroxylation is 1. The molecule has 1 aromatic heterocycles. The zero-order chi connectivity index (χ0) is 13.9. The number of benzene rings is 1. The SMILES string of the molecule is COc1ccc(CNC2CCCc3sccc32)cc1Br. The molecule has 2 aromatic rings. The summed E-state index contributed by atoms with van der Waals surface area (Å²) in [6.45, 7) is 0.891. The average molecular weight is 352 g/mol. The van der Waals surface area contributed by atoms with Crippen molar-refractivity contribution in [1.29, 1.82) is 0 Å². The maximum absolute atomic E-state index is 5.26. The van der Waals surface area contributed by atoms with Crippen molar-refractivity contribution < 1.29 is 4.74 Å². The van der Waals surface area contributed by atoms with E-state index in [9.17, 15) is 0 Å². The summed E-state index contributed by atoms with van der Waals surface area (Å²) in [6.07, 6.45) is 3.78. The quantitative estimate of drug-likeness (QED) is 0.862. The van der Waals surface area contributed by atoms with Gasteiger partial charge in [0.25, 0.3) is 0 Å². The van der Waals surface area contributed by atoms with Crippen molar-refractivity contribution in [2.24, 2.45) is 0 Å². The number of rotatable bonds is 4. The van der Waals surface area contributed by atoms with E-state index in [1.54, 1.807) is 12.0 Å². The van der Waals surface area contributed by atoms with Crippen molar-refractivity contribution in [3.63, 3.8) is 0 Å². The van der Waals surface area contributed by atoms with E-state index in [0.717, 1.165) is 16.8 Å². The fourth-order valence-electron chi connectivity index (χ4n) is 2.76. The van der Waals surface area contributed by atoms with Crippen LogP contribution in [0.15, 0.2) is 34.1 Å². The van der Waals surface area contributed by atoms with Gasteiger partial charge in [-0.2, -0.15) is 0 Å². The first kappa shape index (κ1) is 14.1. The molecule has 0 saturated heterocycles. The molecule has 0 amide bonds. The van der Waals surface area contributed by atoms with Crippen LogP contribution in [0.2, 0.25) is 0 Å². The number of ether oxygens (including phenoxy) is 1. The molecule has 1 aromatic carbocycles. The number of nitrogens with one attached hydrogen (secondary N) is 1. The van der Waals surface area contributed by atoms with Gasteiger partial charge >= 0.3 is 0 Å². The minimum absolute atomic E-state index is 0.505. The van der Waals surface area contributed by atoms with Gasteiger partial charge in [0.2, 0.25) is 0 Å². The highest BCUT2D eigenvalue weighted by Gasteiger charge is 2.20. The molecule has 1 N–H and O–H groups in total. The lowest BCUT2D eigenvalue weighted by Gasteiger charge is -2.24. The number of methoxy groups -OCH3 is 1. The monoisotopic (exact) mass is 351 g/mol. The summed E-state index contributed by atoms with van der Waals surface area (Å²) in [5, 5.41) is 5.91. The fraction of sp³-hybridized carbons (Fsp3) is 0.375. The zero-order valence-electron chi connectivity index (χ0n) is 11.5. The summed E-state index contributed by atoms with van der Waals surface area (Å²) in [5.74, 6) is 0.881. The van der Waals surface area contributed by atoms with Crippen molar-refractivity contribution in [2.45, 2.75) is 31.8 Å². The lowest BCUT2D eigenvalue weighted by molar-refractivity contribution is 0.411. The molecular formula is C16H18BrNOS. The van der Waals surface area contributed by atoms with Crippen LogP contribution in [0.5, 0.6) is 5.75 Å². The minimum atomic E-state index is 0.505. The van der Waals surface area contributed by atoms with Crippen molar-refractivity contribution in [3.8, 4) is 5.75 Å². The van der Waals surface area contributed by atoms with E-state index in [2.05, 4.69) is 44.8 Å². The van der Waals surface area contributed by atoms with Gasteiger partial charge in [-0.25, -0.2) is 0 Å². The molecule has 0 saturated carbocycles. The molecule has 1 heterocycles. The molecule has 0 radical (unpaired) electrons. The van der Waals surface area contributed by atoms with Crippen LogP contribution in [0.3, 0.4) is 0 Å². The Hall–Kier alpha value is -0.840. The maximum atomic E-state index is 5.26. The van der Waals surface area contributed by atoms with Crippen molar-refractivity contribution in [2.75, 3.05) is 7.11 Å². The van der Waals surface area contributed by atoms with E-state index in [4.69, 9.17) is 4.74 Å². The van der Waals surface area contributed by atoms with Crippen LogP contribution < -0.4 is 10.1 Å². The third-order valence-electron chi connectivity index (χ3n) is 3.82. The van der Waals surface area contributed by atoms with Crippen LogP contribution >= 0.6 is 27.3 Å². The molecule has 1 unspecified atom stereocenters. The second-order valence-corrected chi connectivity index (χ2v) is 6.95. The smallest absolute Gasteiger partial charge is 0.133 e. The molecule has 4 heteroatoms. The van der Waals surface area contributed by atoms with Crippen LogP contribution in [0, 0.1) is 0 Å². The molecule has 0 spiro atoms. The Morgan fingerprint density at radius 2 is 2.30 bits per heavy atom. The number of hydrogen-bond donors (Lipinski definition) is 1. The van der Waals surface area contributed by atoms with Gasteiger partial charge in [-0.3, -0.25) is 0 Å². The molecular weight excluding hydrogens is 334 g/mol. The van der Waals surface area contributed by atoms with Crippen LogP contribution in [0.1, 0.15) is 34.9 Å². The average Bonchev–Trinajstić information content (AvgIpc) is 2.94. The van der Waals surface area contributed by atoms with Crippen LogP contribution in [-0.2, 0) is 13.0 Å². The van der Waals surface area contributed by atoms with Crippen LogP contribution in [0.4, 0.5) is 0 Å². The van der Waals surface area contributed by atoms with E-state index in [1.807, 2.05) is 17.4 Å². The summed E-state index contributed by atoms with van der Waals surface area (Å²) in [6, 6.07) is 9.04. The summed E-state index contributed by atoms with van der Waals surface area (Å²) in [7, 11) is 1.69. The third kappa shape index (κ3) is 2.92. The molecule has 0 bridgehead atoms. The van der Waals surface area contributed by atoms with Crippen molar-refractivity contribution in [3.05, 3.63) is 50.1 Å². The highest BCUT2D eigenvalue weighted by atomic mass is 79.9. The van der Waals surface area contributed by atoms with Gasteiger partial charge < -0.3 is 10.1 Å². The summed E-state index contributed by atoms with van der Waals surface area (Å²) in [4.78, 5) is 1.56. The van der Waals surface area contributed by atoms with Crippen molar-refractivity contribution >= 4 is 27.3 Å². The van der Waals surface area contributed by atoms with Gasteiger partial charge in [0.1, 0.15) is 5.75 Å². The fourth-order valence-corrected chi connectivity index (χ4v) is 4.33. The first-order chi connectivity index (χ1) is 9.78. The molecule has 0 aliphatic heterocycles. The second-order valence-electron chi connectivity index (χ2n) is 5.09. The van der Waals surface area contributed by atoms with Gasteiger partial charge in [0, 0.05) is 17.5 Å². The van der Waals surface area contributed by atoms with E-state index < -0.39 is 0 Å². The highest BCUT2D eigenvalue weighted by Crippen LogP contribution is 2.33. The van der Waals surface area contributed by atoms with Gasteiger partial charge in [0.15, 0.2) is 0 Å². The highest BCUT2D eigenvalue weighted by molar-refractivity contribution is 9.10. The van der Waals surface area contributed by atoms with E-state index in [1.165, 1.54) is 30.4 Å². The van der Waals surface area contributed by atoms with Crippen LogP contribution in [0.25, 0.3) is 0 Å². The first-order valence-electron chi connectivity index (χ1n) is 6.90. The molecule has 0 fully saturated rings. The van der Waals surface area contributed by atoms with E-state index in [0.29, 0.717) is 6.04 Å². The van der Waals surface area contributed by atoms with Crippen LogP contribution in [-0.4, -0.2) is 7.11 Å². The van der Waals surface area contributed by atoms with Crippen molar-refractivity contribution in [1.82, 2.24) is 5.32 Å². The standard InChI is InChI=1S/C16H18BrNOS/c1-19-15-6-5-11(9-13(15)17)10-18-14-3-2-4-16-12(14)7-8-20-16/h5-9,14,18H,2-4,10H2,1H3. The van der Waals surface area contributed by atoms with Gasteiger partial charge in [-0.15, -0.1) is 11.3 Å². The predicted molar refractivity (Wildman–Crippen MR) is 87.5 cm³/mol. The van der Waals surface area contributed by atoms with Gasteiger partial charge in [-0.05, 0) is 69.9 Å². The van der Waals surface area contributed by atoms with E-state index >= 15 is 0 Å². The summed E-state index contributed by atoms with van der Waals surface area (Å²) >= 11 is 5.44. The Bertz CT molecular complexity index is 596. The molecule has 1 aliphatic carbocycles. The Kier molecular flexibility index (Phi) is 4.44. The Labute approximate surface area is 132 Å². The predicted octanol–water partition coefficient (Wildman–Crippen LogP) is 4.69. The first-order valence-corrected chi connectivity index (χ1v) is 8.57. The largest absolute Gasteiger partial charge is 0.496 e. The summed E-state index contributed by atoms with van der Waals surface area (Å²) < 4.78 is 6.28. The number of hydrogen-bond acceptors (Lipinski definition) is 3. The topological polar surface area (TPSA) is 21.3 Å². The number of thiophene rings is 1. The molecule has 1 aliphatic rings. The minimum Gasteiger partial charge on any atom is -0.496 e. The molecule has 2 nitrogen and oxygen atoms in total. The third-order valence-corrected chi connectivity index (χ3v) is 5.44. The molecule has 3 rings (SSSR count). The van der Waals surface area contributed by atoms with Gasteiger partial charge in [0.05, 0.1) is 11.6 Å². The Morgan fingerprint density at radius 3 is 3.10 bits per heavy atom. The molecule has 106 valence electrons. The maximum Gasteiger partial charge on any atom is 0.133 e. The zero-order valence-corrected chi connectivity index (χ0v) is 13.9. The molecule has 1 atom stereocenters. The Balaban J connectivity index is 1.67. The summed E-state index contributed by atoms with van der Waals surface area (Å²) in [5.41, 5.74) is 2.79. The second kappa shape index (κ2) is 6.29. The number of halogens is 1. The number of fused-ring (bicyclic) bond motifs is 1. The van der Waals surface area contributed by atoms with Gasteiger partial charge in [-0.1, -0.05) is 6.07 Å². The normalized spacial score (nSPS) is 17.8. The lowest BCUT2D eigenvalue weighted by Crippen LogP contribution is -2.23.